The number of carboxylic acid groups (broad SMARTS) is 1. The third kappa shape index (κ3) is 16.3. The van der Waals surface area contributed by atoms with Crippen molar-refractivity contribution in [2.45, 2.75) is 103 Å². The first-order chi connectivity index (χ1) is 34.6. The van der Waals surface area contributed by atoms with Crippen LogP contribution in [0, 0.1) is 0 Å². The van der Waals surface area contributed by atoms with Crippen LogP contribution < -0.4 is 133 Å². The van der Waals surface area contributed by atoms with Crippen LogP contribution in [-0.4, -0.2) is 133 Å². The molecule has 3 atom stereocenters. The van der Waals surface area contributed by atoms with Gasteiger partial charge in [-0.25, -0.2) is 9.59 Å². The van der Waals surface area contributed by atoms with E-state index in [9.17, 15) is 57.8 Å². The number of phenols is 1. The van der Waals surface area contributed by atoms with Crippen LogP contribution in [0.4, 0.5) is 0 Å². The number of carbonyl (C=O) groups is 12. The Bertz CT molecular complexity index is 2790. The van der Waals surface area contributed by atoms with E-state index in [2.05, 4.69) is 20.8 Å². The van der Waals surface area contributed by atoms with E-state index >= 15 is 0 Å². The maximum absolute atomic E-state index is 12.6. The summed E-state index contributed by atoms with van der Waals surface area (Å²) in [6.07, 6.45) is 1.60. The Balaban J connectivity index is 0.000000287. The van der Waals surface area contributed by atoms with Gasteiger partial charge in [0.15, 0.2) is 13.2 Å². The Morgan fingerprint density at radius 2 is 0.973 bits per heavy atom. The Labute approximate surface area is 513 Å². The fourth-order valence-electron chi connectivity index (χ4n) is 8.50. The smallest absolute Gasteiger partial charge is 1.00 e. The van der Waals surface area contributed by atoms with Gasteiger partial charge in [0.25, 0.3) is 24.2 Å². The van der Waals surface area contributed by atoms with Crippen molar-refractivity contribution in [3.63, 3.8) is 0 Å². The molecule has 0 aromatic heterocycles. The molecule has 5 N–H and O–H groups in total. The Morgan fingerprint density at radius 3 is 1.31 bits per heavy atom. The fourth-order valence-corrected chi connectivity index (χ4v) is 8.50. The molecule has 3 saturated heterocycles. The van der Waals surface area contributed by atoms with Crippen LogP contribution >= 0.6 is 0 Å². The molecule has 6 heterocycles. The third-order valence-electron chi connectivity index (χ3n) is 11.7. The number of esters is 1. The number of ether oxygens (including phenoxy) is 3. The Hall–Kier alpha value is -5.47. The summed E-state index contributed by atoms with van der Waals surface area (Å²) in [5.41, 5.74) is 2.95. The molecule has 3 aromatic rings. The second-order valence-corrected chi connectivity index (χ2v) is 17.9. The number of imide groups is 3. The van der Waals surface area contributed by atoms with E-state index in [0.29, 0.717) is 64.1 Å². The zero-order valence-corrected chi connectivity index (χ0v) is 47.7. The van der Waals surface area contributed by atoms with Crippen molar-refractivity contribution < 1.29 is 196 Å². The zero-order valence-electron chi connectivity index (χ0n) is 42.5. The number of carboxylic acids is 1. The molecule has 9 amide bonds. The molecule has 3 fully saturated rings. The summed E-state index contributed by atoms with van der Waals surface area (Å²) >= 11 is 0. The van der Waals surface area contributed by atoms with Crippen LogP contribution in [0.2, 0.25) is 0 Å². The van der Waals surface area contributed by atoms with Gasteiger partial charge in [-0.2, -0.15) is 0 Å². The average Bonchev–Trinajstić information content (AvgIpc) is 3.95. The van der Waals surface area contributed by atoms with Gasteiger partial charge >= 0.3 is 115 Å². The van der Waals surface area contributed by atoms with E-state index in [1.165, 1.54) is 32.9 Å². The number of aromatic hydroxyl groups is 1. The number of benzene rings is 3. The van der Waals surface area contributed by atoms with Gasteiger partial charge in [-0.3, -0.25) is 63.9 Å². The number of amides is 9. The largest absolute Gasteiger partial charge is 1.00 e. The molecule has 6 aliphatic rings. The molecular formula is C48H50K2N6O19. The van der Waals surface area contributed by atoms with Crippen molar-refractivity contribution in [2.24, 2.45) is 0 Å². The van der Waals surface area contributed by atoms with Crippen LogP contribution in [-0.2, 0) is 72.4 Å². The number of piperidine rings is 3. The van der Waals surface area contributed by atoms with E-state index in [4.69, 9.17) is 29.4 Å². The minimum atomic E-state index is -1.09. The first kappa shape index (κ1) is 62.1. The number of nitrogens with zero attached hydrogens (tertiary/aromatic N) is 3. The van der Waals surface area contributed by atoms with Gasteiger partial charge in [0.1, 0.15) is 41.0 Å². The van der Waals surface area contributed by atoms with Gasteiger partial charge in [-0.05, 0) is 111 Å². The van der Waals surface area contributed by atoms with Gasteiger partial charge < -0.3 is 50.7 Å². The average molecular weight is 1090 g/mol. The summed E-state index contributed by atoms with van der Waals surface area (Å²) in [5, 5.41) is 33.2. The maximum atomic E-state index is 12.6. The number of hydrogen-bond acceptors (Lipinski definition) is 18. The van der Waals surface area contributed by atoms with Crippen LogP contribution in [0.1, 0.15) is 108 Å². The monoisotopic (exact) mass is 1090 g/mol. The minimum Gasteiger partial charge on any atom is -1.00 e. The number of phenolic OH excluding ortho intramolecular Hbond substituents is 1. The van der Waals surface area contributed by atoms with Gasteiger partial charge in [0.2, 0.25) is 35.4 Å². The number of hydrogen-bond donors (Lipinski definition) is 5. The number of carbonyl (C=O) groups excluding carboxylic acids is 11. The van der Waals surface area contributed by atoms with Crippen LogP contribution in [0.3, 0.4) is 0 Å². The van der Waals surface area contributed by atoms with E-state index in [1.54, 1.807) is 57.2 Å². The molecule has 0 bridgehead atoms. The van der Waals surface area contributed by atoms with E-state index in [1.807, 2.05) is 0 Å². The topological polar surface area (TPSA) is 351 Å². The Kier molecular flexibility index (Phi) is 22.8. The second-order valence-electron chi connectivity index (χ2n) is 17.9. The predicted molar refractivity (Wildman–Crippen MR) is 242 cm³/mol. The summed E-state index contributed by atoms with van der Waals surface area (Å²) in [6.45, 7) is 5.20. The fraction of sp³-hybridized carbons (Fsp3) is 0.375. The van der Waals surface area contributed by atoms with Crippen molar-refractivity contribution in [2.75, 3.05) is 13.2 Å². The van der Waals surface area contributed by atoms with Crippen molar-refractivity contribution >= 4 is 71.6 Å². The summed E-state index contributed by atoms with van der Waals surface area (Å²) in [7, 11) is 0. The summed E-state index contributed by atoms with van der Waals surface area (Å²) in [4.78, 5) is 144. The number of rotatable bonds is 10. The van der Waals surface area contributed by atoms with Crippen molar-refractivity contribution in [1.82, 2.24) is 30.7 Å². The molecule has 9 rings (SSSR count). The standard InChI is InChI=1S/C19H22N2O6.C15H14N2O6.C13H12N2O4.CH2O3.2K.H/c1-19(2,3)27-16(23)10-26-12-4-5-13-11(8-12)9-21(18(13)25)14-6-7-15(22)20-17(14)24;18-12-4-3-11(14(21)16-12)17-6-8-5-9(23-7-13(19)20)1-2-10(8)15(17)22;16-8-1-2-9-7(5-8)6-15(13(9)19)10-3-4-11(17)14-12(10)18;2-1-4-3;;;/h4-5,8,14H,6-7,9-10H2,1-3H3,(H,20,22,24);1-2,5,11H,3-4,6-7H2,(H,19,20)(H,16,18,21);1-2,5,10,16H,3-4,6H2,(H,14,17,18);1,3H;;;/q;;;;2*+1;-1/p-1. The van der Waals surface area contributed by atoms with Gasteiger partial charge in [-0.15, -0.1) is 0 Å². The van der Waals surface area contributed by atoms with Gasteiger partial charge in [-0.1, -0.05) is 0 Å². The first-order valence-corrected chi connectivity index (χ1v) is 22.5. The summed E-state index contributed by atoms with van der Waals surface area (Å²) < 4.78 is 15.7. The molecule has 0 saturated carbocycles. The molecule has 6 aliphatic heterocycles. The maximum Gasteiger partial charge on any atom is 1.00 e. The first-order valence-electron chi connectivity index (χ1n) is 22.5. The van der Waals surface area contributed by atoms with Crippen LogP contribution in [0.25, 0.3) is 0 Å². The molecule has 0 spiro atoms. The van der Waals surface area contributed by atoms with E-state index in [0.717, 1.165) is 0 Å². The molecule has 0 aliphatic carbocycles. The normalized spacial score (nSPS) is 19.2. The third-order valence-corrected chi connectivity index (χ3v) is 11.7. The van der Waals surface area contributed by atoms with Gasteiger partial charge in [0, 0.05) is 55.6 Å². The molecule has 3 unspecified atom stereocenters. The summed E-state index contributed by atoms with van der Waals surface area (Å²) in [5.74, 6) is -3.75. The number of fused-ring (bicyclic) bond motifs is 3. The molecule has 3 aromatic carbocycles. The number of nitrogens with one attached hydrogen (secondary N) is 3. The summed E-state index contributed by atoms with van der Waals surface area (Å²) in [6, 6.07) is 12.2. The van der Waals surface area contributed by atoms with Crippen molar-refractivity contribution in [3.05, 3.63) is 88.0 Å². The molecule has 27 heteroatoms. The minimum absolute atomic E-state index is 0. The molecular weight excluding hydrogens is 1040 g/mol. The molecule has 75 heavy (non-hydrogen) atoms. The van der Waals surface area contributed by atoms with E-state index < -0.39 is 60.0 Å². The van der Waals surface area contributed by atoms with E-state index in [-0.39, 0.29) is 197 Å². The van der Waals surface area contributed by atoms with Crippen molar-refractivity contribution in [1.29, 1.82) is 0 Å². The Morgan fingerprint density at radius 1 is 0.627 bits per heavy atom. The van der Waals surface area contributed by atoms with Crippen LogP contribution in [0.5, 0.6) is 17.2 Å². The molecule has 388 valence electrons. The molecule has 25 nitrogen and oxygen atoms in total. The quantitative estimate of drug-likeness (QED) is 0.0315. The number of aliphatic carboxylic acids is 1. The van der Waals surface area contributed by atoms with Crippen LogP contribution in [0.15, 0.2) is 54.6 Å². The molecule has 0 radical (unpaired) electrons. The van der Waals surface area contributed by atoms with Gasteiger partial charge in [0.05, 0.1) is 0 Å². The predicted octanol–water partition coefficient (Wildman–Crippen LogP) is -6.21. The second kappa shape index (κ2) is 27.5. The van der Waals surface area contributed by atoms with Crippen molar-refractivity contribution in [3.8, 4) is 17.2 Å². The zero-order chi connectivity index (χ0) is 53.3. The SMILES string of the molecule is CC(C)(C)OC(=O)COc1ccc2c(c1)CN(C1CCC(=O)NC1=O)C2=O.O=C(O)COc1ccc2c(c1)CN(C1CCC(=O)NC1=O)C2=O.O=C1CCC(N2Cc3cc(O)ccc3C2=O)C(=O)N1.O=CO[O-].[H-].[K+].[K+].